The summed E-state index contributed by atoms with van der Waals surface area (Å²) in [4.78, 5) is 21.0. The summed E-state index contributed by atoms with van der Waals surface area (Å²) in [6.45, 7) is -0.792. The fraction of sp³-hybridized carbons (Fsp3) is 0.286. The zero-order valence-electron chi connectivity index (χ0n) is 7.21. The van der Waals surface area contributed by atoms with E-state index in [2.05, 4.69) is 9.84 Å². The minimum Gasteiger partial charge on any atom is -0.479 e. The molecule has 0 radical (unpaired) electrons. The van der Waals surface area contributed by atoms with E-state index in [-0.39, 0.29) is 6.54 Å². The lowest BCUT2D eigenvalue weighted by Crippen LogP contribution is -2.18. The third-order valence-electron chi connectivity index (χ3n) is 1.30. The highest BCUT2D eigenvalue weighted by molar-refractivity contribution is 5.74. The maximum Gasteiger partial charge on any atom is 0.341 e. The first kappa shape index (κ1) is 10.0. The van der Waals surface area contributed by atoms with Gasteiger partial charge in [0.25, 0.3) is 0 Å². The van der Waals surface area contributed by atoms with Crippen molar-refractivity contribution >= 4 is 17.6 Å². The molecule has 0 saturated heterocycles. The molecule has 76 valence electrons. The quantitative estimate of drug-likeness (QED) is 0.608. The summed E-state index contributed by atoms with van der Waals surface area (Å²) in [6.07, 6.45) is 2.83. The number of nitrogens with zero attached hydrogens (tertiary/aromatic N) is 2. The van der Waals surface area contributed by atoms with Crippen molar-refractivity contribution in [2.45, 2.75) is 6.54 Å². The fourth-order valence-electron chi connectivity index (χ4n) is 0.786. The maximum atomic E-state index is 10.9. The number of ether oxygens (including phenoxy) is 1. The predicted octanol–water partition coefficient (Wildman–Crippen LogP) is -0.907. The number of aromatic nitrogens is 2. The van der Waals surface area contributed by atoms with Gasteiger partial charge in [-0.15, -0.1) is 0 Å². The summed E-state index contributed by atoms with van der Waals surface area (Å²) in [5.41, 5.74) is 5.77. The topological polar surface area (TPSA) is 107 Å². The Morgan fingerprint density at radius 2 is 2.36 bits per heavy atom. The molecule has 0 aliphatic carbocycles. The Kier molecular flexibility index (Phi) is 3.05. The Labute approximate surface area is 79.1 Å². The smallest absolute Gasteiger partial charge is 0.341 e. The average molecular weight is 199 g/mol. The van der Waals surface area contributed by atoms with Crippen molar-refractivity contribution < 1.29 is 19.4 Å². The molecule has 0 atom stereocenters. The number of aliphatic carboxylic acids is 1. The minimum absolute atomic E-state index is 0.148. The Morgan fingerprint density at radius 1 is 1.64 bits per heavy atom. The number of nitrogen functional groups attached to an aromatic ring is 1. The molecule has 1 rings (SSSR count). The van der Waals surface area contributed by atoms with Gasteiger partial charge in [-0.1, -0.05) is 0 Å². The molecule has 0 aliphatic rings. The van der Waals surface area contributed by atoms with Gasteiger partial charge in [-0.25, -0.2) is 4.79 Å². The van der Waals surface area contributed by atoms with Crippen LogP contribution >= 0.6 is 0 Å². The lowest BCUT2D eigenvalue weighted by molar-refractivity contribution is -0.155. The predicted molar refractivity (Wildman–Crippen MR) is 45.2 cm³/mol. The number of hydrogen-bond acceptors (Lipinski definition) is 5. The van der Waals surface area contributed by atoms with Gasteiger partial charge in [0.15, 0.2) is 6.61 Å². The molecule has 14 heavy (non-hydrogen) atoms. The Morgan fingerprint density at radius 3 is 2.86 bits per heavy atom. The Balaban J connectivity index is 2.37. The van der Waals surface area contributed by atoms with Crippen LogP contribution in [-0.2, 0) is 20.9 Å². The van der Waals surface area contributed by atoms with E-state index in [4.69, 9.17) is 10.8 Å². The number of nitrogens with two attached hydrogens (primary N) is 1. The van der Waals surface area contributed by atoms with Gasteiger partial charge in [0.05, 0.1) is 11.9 Å². The van der Waals surface area contributed by atoms with Crippen molar-refractivity contribution in [1.82, 2.24) is 9.78 Å². The zero-order chi connectivity index (χ0) is 10.6. The molecule has 3 N–H and O–H groups in total. The van der Waals surface area contributed by atoms with Gasteiger partial charge in [-0.3, -0.25) is 9.48 Å². The van der Waals surface area contributed by atoms with Gasteiger partial charge in [-0.2, -0.15) is 5.10 Å². The highest BCUT2D eigenvalue weighted by Crippen LogP contribution is 1.97. The van der Waals surface area contributed by atoms with Crippen LogP contribution in [0.25, 0.3) is 0 Å². The van der Waals surface area contributed by atoms with Crippen LogP contribution in [0.5, 0.6) is 0 Å². The van der Waals surface area contributed by atoms with Crippen molar-refractivity contribution in [3.63, 3.8) is 0 Å². The number of rotatable bonds is 4. The molecule has 0 amide bonds. The molecular formula is C7H9N3O4. The normalized spacial score (nSPS) is 9.71. The van der Waals surface area contributed by atoms with Crippen molar-refractivity contribution in [3.8, 4) is 0 Å². The van der Waals surface area contributed by atoms with Crippen LogP contribution in [0.15, 0.2) is 12.4 Å². The zero-order valence-corrected chi connectivity index (χ0v) is 7.21. The van der Waals surface area contributed by atoms with Crippen LogP contribution < -0.4 is 5.73 Å². The van der Waals surface area contributed by atoms with Crippen molar-refractivity contribution in [1.29, 1.82) is 0 Å². The second-order valence-corrected chi connectivity index (χ2v) is 2.53. The number of carboxylic acid groups (broad SMARTS) is 1. The van der Waals surface area contributed by atoms with Gasteiger partial charge in [0.1, 0.15) is 6.54 Å². The molecule has 1 heterocycles. The molecule has 7 nitrogen and oxygen atoms in total. The molecule has 0 unspecified atom stereocenters. The van der Waals surface area contributed by atoms with Gasteiger partial charge in [0.2, 0.25) is 0 Å². The van der Waals surface area contributed by atoms with Crippen LogP contribution in [0.3, 0.4) is 0 Å². The van der Waals surface area contributed by atoms with Gasteiger partial charge in [-0.05, 0) is 0 Å². The van der Waals surface area contributed by atoms with Crippen molar-refractivity contribution in [2.24, 2.45) is 0 Å². The van der Waals surface area contributed by atoms with Gasteiger partial charge >= 0.3 is 11.9 Å². The highest BCUT2D eigenvalue weighted by atomic mass is 16.5. The number of carbonyl (C=O) groups excluding carboxylic acids is 1. The maximum absolute atomic E-state index is 10.9. The summed E-state index contributed by atoms with van der Waals surface area (Å²) in [5.74, 6) is -1.87. The molecule has 1 aromatic rings. The number of esters is 1. The standard InChI is InChI=1S/C7H9N3O4/c8-5-1-9-10(2-5)3-7(13)14-4-6(11)12/h1-2H,3-4,8H2,(H,11,12). The molecule has 0 fully saturated rings. The third-order valence-corrected chi connectivity index (χ3v) is 1.30. The fourth-order valence-corrected chi connectivity index (χ4v) is 0.786. The molecule has 0 saturated carbocycles. The van der Waals surface area contributed by atoms with E-state index in [1.807, 2.05) is 0 Å². The van der Waals surface area contributed by atoms with E-state index in [1.54, 1.807) is 0 Å². The Bertz CT molecular complexity index is 346. The molecule has 1 aromatic heterocycles. The first-order valence-corrected chi connectivity index (χ1v) is 3.73. The summed E-state index contributed by atoms with van der Waals surface area (Å²) < 4.78 is 5.64. The number of carboxylic acids is 1. The number of carbonyl (C=O) groups is 2. The molecule has 0 aromatic carbocycles. The summed E-state index contributed by atoms with van der Waals surface area (Å²) in [7, 11) is 0. The molecule has 0 spiro atoms. The summed E-state index contributed by atoms with van der Waals surface area (Å²) in [6, 6.07) is 0. The van der Waals surface area contributed by atoms with Crippen LogP contribution in [0, 0.1) is 0 Å². The number of anilines is 1. The van der Waals surface area contributed by atoms with E-state index in [9.17, 15) is 9.59 Å². The van der Waals surface area contributed by atoms with E-state index < -0.39 is 18.5 Å². The van der Waals surface area contributed by atoms with Gasteiger partial charge in [0, 0.05) is 6.20 Å². The molecule has 0 aliphatic heterocycles. The van der Waals surface area contributed by atoms with E-state index in [0.717, 1.165) is 0 Å². The van der Waals surface area contributed by atoms with Crippen LogP contribution in [-0.4, -0.2) is 33.4 Å². The van der Waals surface area contributed by atoms with Crippen LogP contribution in [0.4, 0.5) is 5.69 Å². The summed E-state index contributed by atoms with van der Waals surface area (Å²) in [5, 5.41) is 11.9. The first-order chi connectivity index (χ1) is 6.58. The molecular weight excluding hydrogens is 190 g/mol. The second-order valence-electron chi connectivity index (χ2n) is 2.53. The lowest BCUT2D eigenvalue weighted by Gasteiger charge is -2.01. The number of hydrogen-bond donors (Lipinski definition) is 2. The van der Waals surface area contributed by atoms with Crippen LogP contribution in [0.1, 0.15) is 0 Å². The lowest BCUT2D eigenvalue weighted by atomic mass is 10.6. The van der Waals surface area contributed by atoms with E-state index in [0.29, 0.717) is 5.69 Å². The SMILES string of the molecule is Nc1cnn(CC(=O)OCC(=O)O)c1. The highest BCUT2D eigenvalue weighted by Gasteiger charge is 2.07. The summed E-state index contributed by atoms with van der Waals surface area (Å²) >= 11 is 0. The molecule has 7 heteroatoms. The van der Waals surface area contributed by atoms with Crippen molar-refractivity contribution in [3.05, 3.63) is 12.4 Å². The van der Waals surface area contributed by atoms with Crippen molar-refractivity contribution in [2.75, 3.05) is 12.3 Å². The first-order valence-electron chi connectivity index (χ1n) is 3.73. The average Bonchev–Trinajstić information content (AvgIpc) is 2.48. The minimum atomic E-state index is -1.20. The second kappa shape index (κ2) is 4.26. The van der Waals surface area contributed by atoms with Gasteiger partial charge < -0.3 is 15.6 Å². The van der Waals surface area contributed by atoms with E-state index in [1.165, 1.54) is 17.1 Å². The Hall–Kier alpha value is -2.05. The molecule has 0 bridgehead atoms. The monoisotopic (exact) mass is 199 g/mol. The van der Waals surface area contributed by atoms with E-state index >= 15 is 0 Å². The van der Waals surface area contributed by atoms with Crippen LogP contribution in [0.2, 0.25) is 0 Å². The largest absolute Gasteiger partial charge is 0.479 e. The third kappa shape index (κ3) is 3.13.